The number of aromatic amines is 1. The number of H-pyrrole nitrogens is 1. The minimum atomic E-state index is -0.725. The molecule has 5 rings (SSSR count). The van der Waals surface area contributed by atoms with Crippen molar-refractivity contribution in [1.82, 2.24) is 15.2 Å². The van der Waals surface area contributed by atoms with Gasteiger partial charge in [0, 0.05) is 46.8 Å². The average molecular weight is 469 g/mol. The maximum absolute atomic E-state index is 12.7. The topological polar surface area (TPSA) is 113 Å². The van der Waals surface area contributed by atoms with Gasteiger partial charge < -0.3 is 25.1 Å². The Labute approximate surface area is 194 Å². The molecule has 3 N–H and O–H groups in total. The zero-order valence-electron chi connectivity index (χ0n) is 17.5. The van der Waals surface area contributed by atoms with Crippen molar-refractivity contribution in [3.05, 3.63) is 53.2 Å². The molecule has 0 radical (unpaired) electrons. The Hall–Kier alpha value is -3.72. The molecule has 9 nitrogen and oxygen atoms in total. The summed E-state index contributed by atoms with van der Waals surface area (Å²) in [6.07, 6.45) is 2.65. The number of benzene rings is 2. The van der Waals surface area contributed by atoms with Crippen molar-refractivity contribution in [3.8, 4) is 11.5 Å². The lowest BCUT2D eigenvalue weighted by atomic mass is 10.1. The Morgan fingerprint density at radius 1 is 1.15 bits per heavy atom. The number of aromatic nitrogens is 1. The third kappa shape index (κ3) is 4.31. The highest BCUT2D eigenvalue weighted by atomic mass is 35.5. The first-order chi connectivity index (χ1) is 16.0. The van der Waals surface area contributed by atoms with Crippen molar-refractivity contribution >= 4 is 46.0 Å². The van der Waals surface area contributed by atoms with Crippen LogP contribution in [0.4, 0.5) is 10.5 Å². The van der Waals surface area contributed by atoms with Crippen LogP contribution in [-0.2, 0) is 16.0 Å². The van der Waals surface area contributed by atoms with Crippen molar-refractivity contribution in [2.24, 2.45) is 0 Å². The number of amides is 4. The van der Waals surface area contributed by atoms with Crippen LogP contribution in [0.2, 0.25) is 5.02 Å². The summed E-state index contributed by atoms with van der Waals surface area (Å²) in [5, 5.41) is 7.03. The van der Waals surface area contributed by atoms with Crippen molar-refractivity contribution in [1.29, 1.82) is 0 Å². The quantitative estimate of drug-likeness (QED) is 0.460. The predicted molar refractivity (Wildman–Crippen MR) is 121 cm³/mol. The molecule has 10 heteroatoms. The molecule has 3 aromatic rings. The Morgan fingerprint density at radius 3 is 2.88 bits per heavy atom. The molecule has 0 spiro atoms. The summed E-state index contributed by atoms with van der Waals surface area (Å²) in [7, 11) is 0. The third-order valence-corrected chi connectivity index (χ3v) is 5.99. The largest absolute Gasteiger partial charge is 0.454 e. The number of nitrogens with one attached hydrogen (secondary N) is 3. The number of ether oxygens (including phenoxy) is 2. The molecular formula is C23H21ClN4O5. The molecule has 0 aliphatic carbocycles. The van der Waals surface area contributed by atoms with Crippen molar-refractivity contribution in [3.63, 3.8) is 0 Å². The first kappa shape index (κ1) is 21.1. The highest BCUT2D eigenvalue weighted by Crippen LogP contribution is 2.34. The van der Waals surface area contributed by atoms with E-state index in [-0.39, 0.29) is 38.0 Å². The minimum Gasteiger partial charge on any atom is -0.454 e. The second-order valence-electron chi connectivity index (χ2n) is 7.90. The van der Waals surface area contributed by atoms with Crippen LogP contribution < -0.4 is 20.1 Å². The molecule has 2 aromatic carbocycles. The molecule has 1 fully saturated rings. The Kier molecular flexibility index (Phi) is 5.55. The van der Waals surface area contributed by atoms with Gasteiger partial charge in [0.15, 0.2) is 11.5 Å². The fourth-order valence-corrected chi connectivity index (χ4v) is 4.22. The molecule has 0 unspecified atom stereocenters. The van der Waals surface area contributed by atoms with E-state index in [4.69, 9.17) is 21.1 Å². The molecule has 1 saturated heterocycles. The molecule has 170 valence electrons. The van der Waals surface area contributed by atoms with Gasteiger partial charge in [-0.05, 0) is 48.7 Å². The number of hydrogen-bond acceptors (Lipinski definition) is 5. The molecule has 33 heavy (non-hydrogen) atoms. The summed E-state index contributed by atoms with van der Waals surface area (Å²) < 4.78 is 10.5. The van der Waals surface area contributed by atoms with E-state index >= 15 is 0 Å². The van der Waals surface area contributed by atoms with Crippen molar-refractivity contribution < 1.29 is 23.9 Å². The molecule has 0 bridgehead atoms. The normalized spacial score (nSPS) is 17.0. The van der Waals surface area contributed by atoms with E-state index in [2.05, 4.69) is 15.6 Å². The fourth-order valence-electron chi connectivity index (χ4n) is 4.05. The Balaban J connectivity index is 1.15. The summed E-state index contributed by atoms with van der Waals surface area (Å²) in [6, 6.07) is 9.50. The monoisotopic (exact) mass is 468 g/mol. The Bertz CT molecular complexity index is 1260. The maximum Gasteiger partial charge on any atom is 0.324 e. The number of imide groups is 1. The lowest BCUT2D eigenvalue weighted by molar-refractivity contribution is -0.127. The zero-order chi connectivity index (χ0) is 22.9. The number of carbonyl (C=O) groups excluding carboxylic acids is 3. The van der Waals surface area contributed by atoms with Gasteiger partial charge in [0.2, 0.25) is 12.7 Å². The lowest BCUT2D eigenvalue weighted by Gasteiger charge is -2.13. The number of nitrogens with zero attached hydrogens (tertiary/aromatic N) is 1. The van der Waals surface area contributed by atoms with E-state index < -0.39 is 12.1 Å². The first-order valence-corrected chi connectivity index (χ1v) is 10.9. The van der Waals surface area contributed by atoms with Crippen LogP contribution in [-0.4, -0.2) is 47.1 Å². The van der Waals surface area contributed by atoms with E-state index in [1.165, 1.54) is 4.90 Å². The average Bonchev–Trinajstić information content (AvgIpc) is 3.48. The summed E-state index contributed by atoms with van der Waals surface area (Å²) in [6.45, 7) is 0.394. The molecule has 0 saturated carbocycles. The van der Waals surface area contributed by atoms with Gasteiger partial charge in [-0.15, -0.1) is 0 Å². The van der Waals surface area contributed by atoms with Crippen LogP contribution in [0.3, 0.4) is 0 Å². The maximum atomic E-state index is 12.7. The molecule has 1 atom stereocenters. The minimum absolute atomic E-state index is 0.0832. The lowest BCUT2D eigenvalue weighted by Crippen LogP contribution is -2.33. The van der Waals surface area contributed by atoms with E-state index in [1.807, 2.05) is 18.3 Å². The Morgan fingerprint density at radius 2 is 2.00 bits per heavy atom. The van der Waals surface area contributed by atoms with E-state index in [1.54, 1.807) is 24.3 Å². The van der Waals surface area contributed by atoms with Crippen LogP contribution in [0.1, 0.15) is 18.4 Å². The van der Waals surface area contributed by atoms with Crippen LogP contribution in [0.15, 0.2) is 42.6 Å². The second kappa shape index (κ2) is 8.67. The van der Waals surface area contributed by atoms with E-state index in [0.29, 0.717) is 28.6 Å². The van der Waals surface area contributed by atoms with Gasteiger partial charge in [-0.1, -0.05) is 11.6 Å². The number of hydrogen-bond donors (Lipinski definition) is 3. The third-order valence-electron chi connectivity index (χ3n) is 5.76. The number of urea groups is 1. The molecule has 4 amide bonds. The fraction of sp³-hybridized carbons (Fsp3) is 0.261. The first-order valence-electron chi connectivity index (χ1n) is 10.5. The SMILES string of the molecule is O=C(CC[C@@H]1NC(=O)N(CCc2c[nH]c3ccc(Cl)cc23)C1=O)Nc1ccc2c(c1)OCO2. The van der Waals surface area contributed by atoms with E-state index in [0.717, 1.165) is 16.5 Å². The number of carbonyl (C=O) groups is 3. The number of rotatable bonds is 7. The van der Waals surface area contributed by atoms with Crippen LogP contribution in [0.25, 0.3) is 10.9 Å². The highest BCUT2D eigenvalue weighted by Gasteiger charge is 2.37. The highest BCUT2D eigenvalue weighted by molar-refractivity contribution is 6.31. The number of fused-ring (bicyclic) bond motifs is 2. The van der Waals surface area contributed by atoms with Gasteiger partial charge >= 0.3 is 6.03 Å². The zero-order valence-corrected chi connectivity index (χ0v) is 18.3. The van der Waals surface area contributed by atoms with Gasteiger partial charge in [0.25, 0.3) is 5.91 Å². The van der Waals surface area contributed by atoms with Gasteiger partial charge in [0.1, 0.15) is 6.04 Å². The molecule has 3 heterocycles. The molecule has 1 aromatic heterocycles. The van der Waals surface area contributed by atoms with Gasteiger partial charge in [-0.25, -0.2) is 4.79 Å². The molecular weight excluding hydrogens is 448 g/mol. The second-order valence-corrected chi connectivity index (χ2v) is 8.34. The predicted octanol–water partition coefficient (Wildman–Crippen LogP) is 3.43. The smallest absolute Gasteiger partial charge is 0.324 e. The molecule has 2 aliphatic heterocycles. The summed E-state index contributed by atoms with van der Waals surface area (Å²) in [5.74, 6) is 0.612. The number of halogens is 1. The van der Waals surface area contributed by atoms with E-state index in [9.17, 15) is 14.4 Å². The van der Waals surface area contributed by atoms with Gasteiger partial charge in [-0.3, -0.25) is 14.5 Å². The van der Waals surface area contributed by atoms with Crippen molar-refractivity contribution in [2.75, 3.05) is 18.7 Å². The summed E-state index contributed by atoms with van der Waals surface area (Å²) in [4.78, 5) is 41.8. The standard InChI is InChI=1S/C23H21ClN4O5/c24-14-1-3-17-16(9-14)13(11-25-17)7-8-28-22(30)18(27-23(28)31)4-6-21(29)26-15-2-5-19-20(10-15)33-12-32-19/h1-3,5,9-11,18,25H,4,6-8,12H2,(H,26,29)(H,27,31)/t18-/m0/s1. The van der Waals surface area contributed by atoms with Gasteiger partial charge in [-0.2, -0.15) is 0 Å². The number of anilines is 1. The molecule has 2 aliphatic rings. The van der Waals surface area contributed by atoms with Crippen LogP contribution in [0, 0.1) is 0 Å². The van der Waals surface area contributed by atoms with Gasteiger partial charge in [0.05, 0.1) is 0 Å². The summed E-state index contributed by atoms with van der Waals surface area (Å²) >= 11 is 6.09. The van der Waals surface area contributed by atoms with Crippen LogP contribution >= 0.6 is 11.6 Å². The van der Waals surface area contributed by atoms with Crippen molar-refractivity contribution in [2.45, 2.75) is 25.3 Å². The van der Waals surface area contributed by atoms with Crippen LogP contribution in [0.5, 0.6) is 11.5 Å². The summed E-state index contributed by atoms with van der Waals surface area (Å²) in [5.41, 5.74) is 2.49.